The molecule has 0 radical (unpaired) electrons. The van der Waals surface area contributed by atoms with Crippen molar-refractivity contribution >= 4 is 11.6 Å². The Morgan fingerprint density at radius 1 is 1.27 bits per heavy atom. The largest absolute Gasteiger partial charge is 0.396 e. The van der Waals surface area contributed by atoms with Crippen molar-refractivity contribution in [3.8, 4) is 0 Å². The van der Waals surface area contributed by atoms with E-state index in [1.165, 1.54) is 5.56 Å². The molecule has 0 aliphatic carbocycles. The van der Waals surface area contributed by atoms with E-state index in [9.17, 15) is 4.79 Å². The van der Waals surface area contributed by atoms with Gasteiger partial charge in [0.2, 0.25) is 5.91 Å². The zero-order chi connectivity index (χ0) is 15.5. The zero-order valence-corrected chi connectivity index (χ0v) is 13.2. The average Bonchev–Trinajstić information content (AvgIpc) is 2.85. The molecule has 0 unspecified atom stereocenters. The average molecular weight is 303 g/mol. The Morgan fingerprint density at radius 3 is 2.64 bits per heavy atom. The van der Waals surface area contributed by atoms with Crippen LogP contribution in [0, 0.1) is 5.92 Å². The van der Waals surface area contributed by atoms with Crippen molar-refractivity contribution in [1.82, 2.24) is 0 Å². The van der Waals surface area contributed by atoms with Gasteiger partial charge in [-0.15, -0.1) is 0 Å². The molecule has 1 aromatic rings. The Morgan fingerprint density at radius 2 is 2.05 bits per heavy atom. The molecule has 0 aromatic heterocycles. The predicted molar refractivity (Wildman–Crippen MR) is 85.9 cm³/mol. The standard InChI is InChI=1S/C18H25NO3/c1-13-12-16(9-11-20)22-17(13)7-4-14-2-5-15(6-3-14)19-10-8-18(19)21/h2-3,5-6,13,16-17,20H,4,7-12H2,1H3/t13-,16+,17-/m1/s1. The molecule has 3 rings (SSSR count). The molecule has 2 aliphatic rings. The van der Waals surface area contributed by atoms with Gasteiger partial charge in [-0.05, 0) is 49.3 Å². The highest BCUT2D eigenvalue weighted by molar-refractivity contribution is 5.99. The number of β-lactam (4-membered cyclic amide) rings is 1. The van der Waals surface area contributed by atoms with Crippen LogP contribution in [-0.2, 0) is 16.0 Å². The molecule has 3 atom stereocenters. The number of nitrogens with zero attached hydrogens (tertiary/aromatic N) is 1. The normalized spacial score (nSPS) is 28.0. The number of aliphatic hydroxyl groups is 1. The first-order chi connectivity index (χ1) is 10.7. The number of ether oxygens (including phenoxy) is 1. The van der Waals surface area contributed by atoms with Gasteiger partial charge in [-0.1, -0.05) is 19.1 Å². The summed E-state index contributed by atoms with van der Waals surface area (Å²) in [5.41, 5.74) is 2.30. The first kappa shape index (κ1) is 15.5. The van der Waals surface area contributed by atoms with Crippen LogP contribution < -0.4 is 4.90 Å². The minimum absolute atomic E-state index is 0.209. The third-order valence-electron chi connectivity index (χ3n) is 4.90. The van der Waals surface area contributed by atoms with Gasteiger partial charge in [0.1, 0.15) is 0 Å². The van der Waals surface area contributed by atoms with Crippen molar-refractivity contribution in [2.24, 2.45) is 5.92 Å². The fourth-order valence-electron chi connectivity index (χ4n) is 3.43. The molecular weight excluding hydrogens is 278 g/mol. The van der Waals surface area contributed by atoms with Gasteiger partial charge in [0.25, 0.3) is 0 Å². The summed E-state index contributed by atoms with van der Waals surface area (Å²) in [6, 6.07) is 8.32. The molecule has 1 N–H and O–H groups in total. The molecule has 0 saturated carbocycles. The van der Waals surface area contributed by atoms with Gasteiger partial charge in [0.05, 0.1) is 12.2 Å². The molecular formula is C18H25NO3. The quantitative estimate of drug-likeness (QED) is 0.822. The van der Waals surface area contributed by atoms with Crippen LogP contribution in [0.25, 0.3) is 0 Å². The lowest BCUT2D eigenvalue weighted by atomic mass is 9.96. The number of aliphatic hydroxyl groups excluding tert-OH is 1. The van der Waals surface area contributed by atoms with E-state index in [2.05, 4.69) is 19.1 Å². The topological polar surface area (TPSA) is 49.8 Å². The van der Waals surface area contributed by atoms with Gasteiger partial charge < -0.3 is 14.7 Å². The number of hydrogen-bond donors (Lipinski definition) is 1. The van der Waals surface area contributed by atoms with Crippen LogP contribution in [0.3, 0.4) is 0 Å². The minimum atomic E-state index is 0.209. The predicted octanol–water partition coefficient (Wildman–Crippen LogP) is 2.53. The molecule has 2 aliphatic heterocycles. The van der Waals surface area contributed by atoms with Crippen molar-refractivity contribution in [2.45, 2.75) is 51.2 Å². The Balaban J connectivity index is 1.50. The SMILES string of the molecule is C[C@@H]1C[C@H](CCO)O[C@@H]1CCc1ccc(N2CCC2=O)cc1. The van der Waals surface area contributed by atoms with E-state index in [1.807, 2.05) is 17.0 Å². The third kappa shape index (κ3) is 3.33. The molecule has 2 heterocycles. The van der Waals surface area contributed by atoms with Gasteiger partial charge in [-0.3, -0.25) is 4.79 Å². The fraction of sp³-hybridized carbons (Fsp3) is 0.611. The number of carbonyl (C=O) groups is 1. The van der Waals surface area contributed by atoms with Crippen molar-refractivity contribution in [1.29, 1.82) is 0 Å². The number of amides is 1. The van der Waals surface area contributed by atoms with E-state index in [0.29, 0.717) is 18.4 Å². The highest BCUT2D eigenvalue weighted by Gasteiger charge is 2.31. The highest BCUT2D eigenvalue weighted by Crippen LogP contribution is 2.31. The summed E-state index contributed by atoms with van der Waals surface area (Å²) in [7, 11) is 0. The fourth-order valence-corrected chi connectivity index (χ4v) is 3.43. The third-order valence-corrected chi connectivity index (χ3v) is 4.90. The lowest BCUT2D eigenvalue weighted by Gasteiger charge is -2.30. The Bertz CT molecular complexity index is 514. The van der Waals surface area contributed by atoms with E-state index in [0.717, 1.165) is 37.9 Å². The summed E-state index contributed by atoms with van der Waals surface area (Å²) in [5.74, 6) is 0.783. The molecule has 4 heteroatoms. The van der Waals surface area contributed by atoms with E-state index in [1.54, 1.807) is 0 Å². The Labute approximate surface area is 132 Å². The van der Waals surface area contributed by atoms with E-state index < -0.39 is 0 Å². The van der Waals surface area contributed by atoms with Crippen LogP contribution >= 0.6 is 0 Å². The van der Waals surface area contributed by atoms with Crippen molar-refractivity contribution in [3.05, 3.63) is 29.8 Å². The van der Waals surface area contributed by atoms with E-state index in [-0.39, 0.29) is 18.6 Å². The van der Waals surface area contributed by atoms with Crippen LogP contribution in [0.1, 0.15) is 38.2 Å². The summed E-state index contributed by atoms with van der Waals surface area (Å²) >= 11 is 0. The zero-order valence-electron chi connectivity index (χ0n) is 13.2. The van der Waals surface area contributed by atoms with Crippen LogP contribution in [0.5, 0.6) is 0 Å². The van der Waals surface area contributed by atoms with Crippen molar-refractivity contribution in [3.63, 3.8) is 0 Å². The first-order valence-corrected chi connectivity index (χ1v) is 8.33. The van der Waals surface area contributed by atoms with Crippen LogP contribution in [0.15, 0.2) is 24.3 Å². The molecule has 1 aromatic carbocycles. The van der Waals surface area contributed by atoms with Gasteiger partial charge in [-0.2, -0.15) is 0 Å². The number of rotatable bonds is 6. The Hall–Kier alpha value is -1.39. The summed E-state index contributed by atoms with van der Waals surface area (Å²) in [6.45, 7) is 3.29. The number of aryl methyl sites for hydroxylation is 1. The molecule has 0 spiro atoms. The van der Waals surface area contributed by atoms with Crippen molar-refractivity contribution in [2.75, 3.05) is 18.1 Å². The number of anilines is 1. The lowest BCUT2D eigenvalue weighted by Crippen LogP contribution is -2.43. The first-order valence-electron chi connectivity index (χ1n) is 8.33. The monoisotopic (exact) mass is 303 g/mol. The molecule has 1 amide bonds. The summed E-state index contributed by atoms with van der Waals surface area (Å²) in [6.07, 6.45) is 5.02. The second-order valence-corrected chi connectivity index (χ2v) is 6.52. The van der Waals surface area contributed by atoms with Gasteiger partial charge in [-0.25, -0.2) is 0 Å². The Kier molecular flexibility index (Phi) is 4.79. The molecule has 120 valence electrons. The smallest absolute Gasteiger partial charge is 0.228 e. The van der Waals surface area contributed by atoms with Crippen LogP contribution in [0.4, 0.5) is 5.69 Å². The number of carbonyl (C=O) groups excluding carboxylic acids is 1. The molecule has 4 nitrogen and oxygen atoms in total. The number of hydrogen-bond acceptors (Lipinski definition) is 3. The van der Waals surface area contributed by atoms with E-state index >= 15 is 0 Å². The van der Waals surface area contributed by atoms with E-state index in [4.69, 9.17) is 9.84 Å². The van der Waals surface area contributed by atoms with Crippen LogP contribution in [0.2, 0.25) is 0 Å². The highest BCUT2D eigenvalue weighted by atomic mass is 16.5. The van der Waals surface area contributed by atoms with Gasteiger partial charge in [0, 0.05) is 25.3 Å². The maximum atomic E-state index is 11.4. The maximum Gasteiger partial charge on any atom is 0.228 e. The summed E-state index contributed by atoms with van der Waals surface area (Å²) in [4.78, 5) is 13.3. The molecule has 2 saturated heterocycles. The second-order valence-electron chi connectivity index (χ2n) is 6.52. The molecule has 0 bridgehead atoms. The molecule has 2 fully saturated rings. The van der Waals surface area contributed by atoms with Gasteiger partial charge in [0.15, 0.2) is 0 Å². The van der Waals surface area contributed by atoms with Crippen molar-refractivity contribution < 1.29 is 14.6 Å². The van der Waals surface area contributed by atoms with Crippen LogP contribution in [-0.4, -0.2) is 36.4 Å². The minimum Gasteiger partial charge on any atom is -0.396 e. The summed E-state index contributed by atoms with van der Waals surface area (Å²) < 4.78 is 6.03. The molecule has 22 heavy (non-hydrogen) atoms. The summed E-state index contributed by atoms with van der Waals surface area (Å²) in [5, 5.41) is 9.01. The second kappa shape index (κ2) is 6.80. The lowest BCUT2D eigenvalue weighted by molar-refractivity contribution is -0.122. The van der Waals surface area contributed by atoms with Gasteiger partial charge >= 0.3 is 0 Å². The maximum absolute atomic E-state index is 11.4. The number of benzene rings is 1.